The van der Waals surface area contributed by atoms with Crippen LogP contribution in [0.15, 0.2) is 0 Å². The second-order valence-corrected chi connectivity index (χ2v) is 10.8. The van der Waals surface area contributed by atoms with Gasteiger partial charge in [-0.3, -0.25) is 0 Å². The molecule has 0 aliphatic heterocycles. The van der Waals surface area contributed by atoms with Crippen molar-refractivity contribution in [2.45, 2.75) is 93.1 Å². The Bertz CT molecular complexity index is 204. The van der Waals surface area contributed by atoms with Gasteiger partial charge in [0.1, 0.15) is 0 Å². The van der Waals surface area contributed by atoms with Crippen molar-refractivity contribution in [3.05, 3.63) is 29.6 Å². The van der Waals surface area contributed by atoms with Gasteiger partial charge in [0.25, 0.3) is 0 Å². The van der Waals surface area contributed by atoms with Gasteiger partial charge in [-0.15, -0.1) is 0 Å². The molecule has 1 aliphatic rings. The molecule has 0 spiro atoms. The third-order valence-corrected chi connectivity index (χ3v) is 8.18. The first kappa shape index (κ1) is 25.6. The third kappa shape index (κ3) is 7.94. The fraction of sp³-hybridized carbons (Fsp3) is 0.737. The van der Waals surface area contributed by atoms with Crippen molar-refractivity contribution in [2.75, 3.05) is 0 Å². The van der Waals surface area contributed by atoms with Crippen LogP contribution in [0.1, 0.15) is 76.2 Å². The number of halogens is 1. The van der Waals surface area contributed by atoms with E-state index in [1.165, 1.54) is 29.6 Å². The Kier molecular flexibility index (Phi) is 14.7. The average Bonchev–Trinajstić information content (AvgIpc) is 2.58. The molecule has 0 aromatic heterocycles. The predicted molar refractivity (Wildman–Crippen MR) is 103 cm³/mol. The molecular formula is C19H36ClPRu. The van der Waals surface area contributed by atoms with Gasteiger partial charge in [0.2, 0.25) is 0 Å². The van der Waals surface area contributed by atoms with E-state index >= 15 is 0 Å². The van der Waals surface area contributed by atoms with Crippen LogP contribution in [0, 0.1) is 29.6 Å². The number of rotatable bonds is 3. The molecule has 0 bridgehead atoms. The summed E-state index contributed by atoms with van der Waals surface area (Å²) in [6.45, 7) is 25.1. The van der Waals surface area contributed by atoms with Gasteiger partial charge in [-0.25, -0.2) is 0 Å². The molecule has 22 heavy (non-hydrogen) atoms. The van der Waals surface area contributed by atoms with E-state index in [1.54, 1.807) is 0 Å². The Hall–Kier alpha value is 1.34. The van der Waals surface area contributed by atoms with Crippen LogP contribution < -0.4 is 0 Å². The molecular weight excluding hydrogens is 396 g/mol. The third-order valence-electron chi connectivity index (χ3n) is 4.60. The van der Waals surface area contributed by atoms with E-state index in [2.05, 4.69) is 85.9 Å². The zero-order valence-corrected chi connectivity index (χ0v) is 19.8. The first-order chi connectivity index (χ1) is 10.0. The summed E-state index contributed by atoms with van der Waals surface area (Å²) >= 11 is 1.82. The molecule has 1 rings (SSSR count). The number of hydrogen-bond donors (Lipinski definition) is 0. The summed E-state index contributed by atoms with van der Waals surface area (Å²) in [5.41, 5.74) is 2.69. The molecule has 132 valence electrons. The quantitative estimate of drug-likeness (QED) is 0.323. The van der Waals surface area contributed by atoms with Crippen molar-refractivity contribution in [3.8, 4) is 0 Å². The molecule has 1 fully saturated rings. The summed E-state index contributed by atoms with van der Waals surface area (Å²) in [4.78, 5) is 0. The molecule has 1 aliphatic carbocycles. The van der Waals surface area contributed by atoms with E-state index in [0.717, 1.165) is 17.0 Å². The topological polar surface area (TPSA) is 0 Å². The maximum atomic E-state index is 4.57. The summed E-state index contributed by atoms with van der Waals surface area (Å²) in [7, 11) is 4.83. The van der Waals surface area contributed by atoms with Gasteiger partial charge in [0.05, 0.1) is 0 Å². The Morgan fingerprint density at radius 3 is 0.727 bits per heavy atom. The summed E-state index contributed by atoms with van der Waals surface area (Å²) in [5, 5.41) is 0. The van der Waals surface area contributed by atoms with Crippen LogP contribution in [0.2, 0.25) is 0 Å². The number of hydrogen-bond acceptors (Lipinski definition) is 0. The predicted octanol–water partition coefficient (Wildman–Crippen LogP) is 7.35. The van der Waals surface area contributed by atoms with E-state index in [1.807, 2.05) is 17.3 Å². The molecule has 0 N–H and O–H groups in total. The van der Waals surface area contributed by atoms with Crippen molar-refractivity contribution in [3.63, 3.8) is 0 Å². The van der Waals surface area contributed by atoms with Gasteiger partial charge in [-0.05, 0) is 46.6 Å². The maximum absolute atomic E-state index is 4.57. The van der Waals surface area contributed by atoms with Gasteiger partial charge in [-0.1, -0.05) is 84.1 Å². The van der Waals surface area contributed by atoms with Gasteiger partial charge in [0.15, 0.2) is 0 Å². The summed E-state index contributed by atoms with van der Waals surface area (Å²) < 4.78 is 0. The van der Waals surface area contributed by atoms with Crippen LogP contribution in [-0.4, -0.2) is 17.0 Å². The first-order valence-electron chi connectivity index (χ1n) is 8.12. The van der Waals surface area contributed by atoms with E-state index in [0.29, 0.717) is 0 Å². The SMILES string of the molecule is CC(C)P(C(C)C)C(C)C.C[C]1[C](C)[C](C)[C](C)[C]1C.[Cl][Ru]. The van der Waals surface area contributed by atoms with Crippen LogP contribution in [0.25, 0.3) is 0 Å². The second-order valence-electron chi connectivity index (χ2n) is 6.85. The first-order valence-corrected chi connectivity index (χ1v) is 11.9. The Balaban J connectivity index is 0. The average molecular weight is 432 g/mol. The van der Waals surface area contributed by atoms with Crippen LogP contribution in [0.4, 0.5) is 0 Å². The van der Waals surface area contributed by atoms with Crippen molar-refractivity contribution < 1.29 is 17.3 Å². The zero-order valence-electron chi connectivity index (χ0n) is 16.4. The van der Waals surface area contributed by atoms with E-state index < -0.39 is 0 Å². The molecule has 1 saturated carbocycles. The fourth-order valence-electron chi connectivity index (χ4n) is 3.20. The molecule has 0 saturated heterocycles. The summed E-state index contributed by atoms with van der Waals surface area (Å²) in [6.07, 6.45) is 0. The van der Waals surface area contributed by atoms with Crippen molar-refractivity contribution in [1.29, 1.82) is 0 Å². The molecule has 0 amide bonds. The van der Waals surface area contributed by atoms with Crippen LogP contribution in [0.3, 0.4) is 0 Å². The summed E-state index contributed by atoms with van der Waals surface area (Å²) in [5.74, 6) is 7.34. The molecule has 0 nitrogen and oxygen atoms in total. The minimum atomic E-state index is 0.262. The van der Waals surface area contributed by atoms with Crippen LogP contribution >= 0.6 is 17.6 Å². The Labute approximate surface area is 157 Å². The van der Waals surface area contributed by atoms with Gasteiger partial charge >= 0.3 is 27.0 Å². The molecule has 3 heteroatoms. The van der Waals surface area contributed by atoms with E-state index in [9.17, 15) is 0 Å². The normalized spacial score (nSPS) is 19.0. The van der Waals surface area contributed by atoms with Gasteiger partial charge in [-0.2, -0.15) is 0 Å². The molecule has 5 radical (unpaired) electrons. The van der Waals surface area contributed by atoms with Crippen LogP contribution in [-0.2, 0) is 17.3 Å². The monoisotopic (exact) mass is 432 g/mol. The van der Waals surface area contributed by atoms with E-state index in [4.69, 9.17) is 0 Å². The Morgan fingerprint density at radius 1 is 0.545 bits per heavy atom. The fourth-order valence-corrected chi connectivity index (χ4v) is 6.77. The molecule has 0 atom stereocenters. The molecule has 0 aromatic rings. The minimum absolute atomic E-state index is 0.262. The van der Waals surface area contributed by atoms with Crippen molar-refractivity contribution >= 4 is 17.6 Å². The molecule has 0 heterocycles. The van der Waals surface area contributed by atoms with Gasteiger partial charge in [0, 0.05) is 0 Å². The molecule has 0 aromatic carbocycles. The zero-order chi connectivity index (χ0) is 18.2. The van der Waals surface area contributed by atoms with Crippen LogP contribution in [0.5, 0.6) is 0 Å². The Morgan fingerprint density at radius 2 is 0.682 bits per heavy atom. The summed E-state index contributed by atoms with van der Waals surface area (Å²) in [6, 6.07) is 0. The standard InChI is InChI=1S/C10H15.C9H21P.ClH.Ru/c1-6-7(2)9(4)10(5)8(6)3;1-7(2)10(8(3)4)9(5)6;;/h1-5H3;7-9H,1-6H3;1H;/q;;;+1/p-1. The molecule has 0 unspecified atom stereocenters. The van der Waals surface area contributed by atoms with E-state index in [-0.39, 0.29) is 7.92 Å². The second kappa shape index (κ2) is 12.7. The van der Waals surface area contributed by atoms with Crippen molar-refractivity contribution in [1.82, 2.24) is 0 Å². The van der Waals surface area contributed by atoms with Gasteiger partial charge < -0.3 is 0 Å². The van der Waals surface area contributed by atoms with Crippen molar-refractivity contribution in [2.24, 2.45) is 0 Å².